The van der Waals surface area contributed by atoms with Crippen molar-refractivity contribution in [3.05, 3.63) is 70.7 Å². The first-order valence-corrected chi connectivity index (χ1v) is 8.56. The van der Waals surface area contributed by atoms with E-state index in [0.29, 0.717) is 0 Å². The van der Waals surface area contributed by atoms with Crippen LogP contribution in [0.1, 0.15) is 16.5 Å². The van der Waals surface area contributed by atoms with Gasteiger partial charge in [0.1, 0.15) is 6.04 Å². The number of urea groups is 1. The number of alkyl halides is 3. The van der Waals surface area contributed by atoms with Gasteiger partial charge in [-0.2, -0.15) is 18.3 Å². The molecular weight excluding hydrogens is 365 g/mol. The highest BCUT2D eigenvalue weighted by Gasteiger charge is 2.33. The van der Waals surface area contributed by atoms with E-state index in [0.717, 1.165) is 10.9 Å². The largest absolute Gasteiger partial charge is 0.418 e. The van der Waals surface area contributed by atoms with Gasteiger partial charge < -0.3 is 10.6 Å². The third-order valence-corrected chi connectivity index (χ3v) is 4.63. The number of nitrogens with zero attached hydrogens (tertiary/aromatic N) is 2. The SMILES string of the molecule is O=C(NCC(c1cccs1)n1cccn1)Nc1ccccc1C(F)(F)F. The Morgan fingerprint density at radius 1 is 1.19 bits per heavy atom. The number of hydrogen-bond acceptors (Lipinski definition) is 3. The van der Waals surface area contributed by atoms with E-state index in [1.807, 2.05) is 17.5 Å². The molecule has 2 N–H and O–H groups in total. The fourth-order valence-electron chi connectivity index (χ4n) is 2.47. The van der Waals surface area contributed by atoms with E-state index in [9.17, 15) is 18.0 Å². The van der Waals surface area contributed by atoms with Gasteiger partial charge in [-0.1, -0.05) is 18.2 Å². The zero-order valence-corrected chi connectivity index (χ0v) is 14.2. The van der Waals surface area contributed by atoms with Crippen molar-refractivity contribution in [2.45, 2.75) is 12.2 Å². The van der Waals surface area contributed by atoms with Gasteiger partial charge in [0, 0.05) is 23.8 Å². The summed E-state index contributed by atoms with van der Waals surface area (Å²) in [6, 6.07) is 9.45. The smallest absolute Gasteiger partial charge is 0.335 e. The number of carbonyl (C=O) groups is 1. The molecule has 2 heterocycles. The standard InChI is InChI=1S/C17H15F3N4OS/c18-17(19,20)12-5-1-2-6-13(12)23-16(25)21-11-14(15-7-3-10-26-15)24-9-4-8-22-24/h1-10,14H,11H2,(H2,21,23,25). The number of para-hydroxylation sites is 1. The van der Waals surface area contributed by atoms with Crippen molar-refractivity contribution in [1.29, 1.82) is 0 Å². The highest BCUT2D eigenvalue weighted by molar-refractivity contribution is 7.10. The van der Waals surface area contributed by atoms with Crippen molar-refractivity contribution in [2.75, 3.05) is 11.9 Å². The van der Waals surface area contributed by atoms with Crippen LogP contribution in [0.5, 0.6) is 0 Å². The number of thiophene rings is 1. The molecule has 3 aromatic rings. The fourth-order valence-corrected chi connectivity index (χ4v) is 3.29. The van der Waals surface area contributed by atoms with Gasteiger partial charge >= 0.3 is 12.2 Å². The van der Waals surface area contributed by atoms with Gasteiger partial charge in [0.05, 0.1) is 11.3 Å². The summed E-state index contributed by atoms with van der Waals surface area (Å²) in [5.41, 5.74) is -1.18. The van der Waals surface area contributed by atoms with Gasteiger partial charge in [-0.3, -0.25) is 4.68 Å². The second-order valence-electron chi connectivity index (χ2n) is 5.40. The molecular formula is C17H15F3N4OS. The molecule has 0 aliphatic heterocycles. The predicted molar refractivity (Wildman–Crippen MR) is 93.2 cm³/mol. The number of benzene rings is 1. The van der Waals surface area contributed by atoms with Crippen LogP contribution in [0, 0.1) is 0 Å². The summed E-state index contributed by atoms with van der Waals surface area (Å²) in [6.45, 7) is 0.183. The number of amides is 2. The highest BCUT2D eigenvalue weighted by Crippen LogP contribution is 2.34. The molecule has 26 heavy (non-hydrogen) atoms. The van der Waals surface area contributed by atoms with Gasteiger partial charge in [0.25, 0.3) is 0 Å². The second-order valence-corrected chi connectivity index (χ2v) is 6.37. The minimum atomic E-state index is -4.54. The Kier molecular flexibility index (Phi) is 5.27. The fraction of sp³-hybridized carbons (Fsp3) is 0.176. The maximum Gasteiger partial charge on any atom is 0.418 e. The minimum Gasteiger partial charge on any atom is -0.335 e. The Balaban J connectivity index is 1.69. The first kappa shape index (κ1) is 18.0. The molecule has 0 saturated carbocycles. The Hall–Kier alpha value is -2.81. The predicted octanol–water partition coefficient (Wildman–Crippen LogP) is 4.37. The third kappa shape index (κ3) is 4.23. The Morgan fingerprint density at radius 3 is 2.65 bits per heavy atom. The van der Waals surface area contributed by atoms with E-state index < -0.39 is 17.8 Å². The molecule has 2 aromatic heterocycles. The number of carbonyl (C=O) groups excluding carboxylic acids is 1. The third-order valence-electron chi connectivity index (χ3n) is 3.65. The van der Waals surface area contributed by atoms with E-state index >= 15 is 0 Å². The zero-order chi connectivity index (χ0) is 18.6. The molecule has 3 rings (SSSR count). The van der Waals surface area contributed by atoms with Crippen molar-refractivity contribution in [3.8, 4) is 0 Å². The second kappa shape index (κ2) is 7.61. The number of aromatic nitrogens is 2. The molecule has 1 atom stereocenters. The lowest BCUT2D eigenvalue weighted by Gasteiger charge is -2.18. The van der Waals surface area contributed by atoms with Gasteiger partial charge in [-0.25, -0.2) is 4.79 Å². The topological polar surface area (TPSA) is 59.0 Å². The number of nitrogens with one attached hydrogen (secondary N) is 2. The molecule has 0 aliphatic rings. The molecule has 0 fully saturated rings. The Bertz CT molecular complexity index is 813. The van der Waals surface area contributed by atoms with E-state index in [1.165, 1.54) is 29.5 Å². The monoisotopic (exact) mass is 380 g/mol. The highest BCUT2D eigenvalue weighted by atomic mass is 32.1. The lowest BCUT2D eigenvalue weighted by atomic mass is 10.1. The van der Waals surface area contributed by atoms with Crippen molar-refractivity contribution in [3.63, 3.8) is 0 Å². The summed E-state index contributed by atoms with van der Waals surface area (Å²) >= 11 is 1.51. The molecule has 0 saturated heterocycles. The number of rotatable bonds is 5. The average molecular weight is 380 g/mol. The molecule has 1 aromatic carbocycles. The molecule has 2 amide bonds. The van der Waals surface area contributed by atoms with Crippen LogP contribution >= 0.6 is 11.3 Å². The van der Waals surface area contributed by atoms with Crippen LogP contribution < -0.4 is 10.6 Å². The first-order valence-electron chi connectivity index (χ1n) is 7.69. The summed E-state index contributed by atoms with van der Waals surface area (Å²) in [7, 11) is 0. The maximum atomic E-state index is 13.0. The Labute approximate surface area is 151 Å². The molecule has 136 valence electrons. The molecule has 0 spiro atoms. The molecule has 0 bridgehead atoms. The summed E-state index contributed by atoms with van der Waals surface area (Å²) in [5, 5.41) is 11.0. The van der Waals surface area contributed by atoms with Crippen LogP contribution in [0.3, 0.4) is 0 Å². The van der Waals surface area contributed by atoms with E-state index in [-0.39, 0.29) is 18.3 Å². The van der Waals surface area contributed by atoms with Crippen molar-refractivity contribution in [2.24, 2.45) is 0 Å². The Morgan fingerprint density at radius 2 is 2.00 bits per heavy atom. The van der Waals surface area contributed by atoms with Crippen molar-refractivity contribution < 1.29 is 18.0 Å². The van der Waals surface area contributed by atoms with Gasteiger partial charge in [-0.05, 0) is 29.6 Å². The van der Waals surface area contributed by atoms with E-state index in [2.05, 4.69) is 15.7 Å². The van der Waals surface area contributed by atoms with Gasteiger partial charge in [0.15, 0.2) is 0 Å². The van der Waals surface area contributed by atoms with Crippen LogP contribution in [-0.2, 0) is 6.18 Å². The summed E-state index contributed by atoms with van der Waals surface area (Å²) < 4.78 is 40.7. The zero-order valence-electron chi connectivity index (χ0n) is 13.4. The van der Waals surface area contributed by atoms with E-state index in [1.54, 1.807) is 23.1 Å². The average Bonchev–Trinajstić information content (AvgIpc) is 3.28. The van der Waals surface area contributed by atoms with Gasteiger partial charge in [0.2, 0.25) is 0 Å². The normalized spacial score (nSPS) is 12.6. The molecule has 1 unspecified atom stereocenters. The minimum absolute atomic E-state index is 0.183. The van der Waals surface area contributed by atoms with Crippen LogP contribution in [-0.4, -0.2) is 22.4 Å². The van der Waals surface area contributed by atoms with Crippen LogP contribution in [0.15, 0.2) is 60.2 Å². The molecule has 0 radical (unpaired) electrons. The lowest BCUT2D eigenvalue weighted by Crippen LogP contribution is -2.34. The van der Waals surface area contributed by atoms with Crippen LogP contribution in [0.25, 0.3) is 0 Å². The summed E-state index contributed by atoms with van der Waals surface area (Å²) in [6.07, 6.45) is -1.15. The molecule has 5 nitrogen and oxygen atoms in total. The van der Waals surface area contributed by atoms with Gasteiger partial charge in [-0.15, -0.1) is 11.3 Å². The molecule has 9 heteroatoms. The number of hydrogen-bond donors (Lipinski definition) is 2. The number of anilines is 1. The lowest BCUT2D eigenvalue weighted by molar-refractivity contribution is -0.136. The maximum absolute atomic E-state index is 13.0. The molecule has 0 aliphatic carbocycles. The van der Waals surface area contributed by atoms with Crippen LogP contribution in [0.2, 0.25) is 0 Å². The van der Waals surface area contributed by atoms with E-state index in [4.69, 9.17) is 0 Å². The summed E-state index contributed by atoms with van der Waals surface area (Å²) in [4.78, 5) is 13.1. The van der Waals surface area contributed by atoms with Crippen molar-refractivity contribution >= 4 is 23.1 Å². The number of halogens is 3. The summed E-state index contributed by atoms with van der Waals surface area (Å²) in [5.74, 6) is 0. The van der Waals surface area contributed by atoms with Crippen molar-refractivity contribution in [1.82, 2.24) is 15.1 Å². The first-order chi connectivity index (χ1) is 12.4. The van der Waals surface area contributed by atoms with Crippen LogP contribution in [0.4, 0.5) is 23.7 Å². The quantitative estimate of drug-likeness (QED) is 0.690.